The smallest absolute Gasteiger partial charge is 0.0596 e. The summed E-state index contributed by atoms with van der Waals surface area (Å²) < 4.78 is 0. The van der Waals surface area contributed by atoms with Crippen LogP contribution in [-0.2, 0) is 0 Å². The summed E-state index contributed by atoms with van der Waals surface area (Å²) in [6.45, 7) is 1.11. The Kier molecular flexibility index (Phi) is 4.91. The second-order valence-electron chi connectivity index (χ2n) is 5.63. The monoisotopic (exact) mass is 246 g/mol. The zero-order chi connectivity index (χ0) is 12.8. The highest BCUT2D eigenvalue weighted by atomic mass is 15.1. The van der Waals surface area contributed by atoms with Crippen LogP contribution in [0.3, 0.4) is 0 Å². The van der Waals surface area contributed by atoms with E-state index in [1.807, 2.05) is 0 Å². The van der Waals surface area contributed by atoms with E-state index in [2.05, 4.69) is 48.6 Å². The van der Waals surface area contributed by atoms with Crippen LogP contribution in [0.15, 0.2) is 24.3 Å². The highest BCUT2D eigenvalue weighted by molar-refractivity contribution is 5.69. The van der Waals surface area contributed by atoms with Crippen molar-refractivity contribution in [2.45, 2.75) is 38.5 Å². The van der Waals surface area contributed by atoms with E-state index >= 15 is 0 Å². The minimum atomic E-state index is 0.956. The molecule has 1 aromatic carbocycles. The summed E-state index contributed by atoms with van der Waals surface area (Å²) in [5, 5.41) is 3.60. The Morgan fingerprint density at radius 3 is 2.56 bits per heavy atom. The lowest BCUT2D eigenvalue weighted by molar-refractivity contribution is 0.345. The number of nitrogens with one attached hydrogen (secondary N) is 1. The van der Waals surface area contributed by atoms with Crippen molar-refractivity contribution in [2.75, 3.05) is 30.9 Å². The zero-order valence-corrected chi connectivity index (χ0v) is 11.8. The van der Waals surface area contributed by atoms with Crippen LogP contribution in [0.2, 0.25) is 0 Å². The molecule has 1 aliphatic carbocycles. The Hall–Kier alpha value is -1.18. The summed E-state index contributed by atoms with van der Waals surface area (Å²) in [5.74, 6) is 0.956. The van der Waals surface area contributed by atoms with Crippen LogP contribution in [0.5, 0.6) is 0 Å². The molecule has 1 saturated carbocycles. The van der Waals surface area contributed by atoms with Gasteiger partial charge in [0.25, 0.3) is 0 Å². The van der Waals surface area contributed by atoms with Gasteiger partial charge in [0.1, 0.15) is 0 Å². The lowest BCUT2D eigenvalue weighted by atomic mass is 9.87. The maximum atomic E-state index is 3.60. The van der Waals surface area contributed by atoms with Crippen molar-refractivity contribution >= 4 is 11.4 Å². The van der Waals surface area contributed by atoms with E-state index in [0.29, 0.717) is 0 Å². The van der Waals surface area contributed by atoms with E-state index in [9.17, 15) is 0 Å². The Balaban J connectivity index is 1.82. The number of rotatable bonds is 5. The summed E-state index contributed by atoms with van der Waals surface area (Å²) in [6.07, 6.45) is 8.54. The van der Waals surface area contributed by atoms with Crippen LogP contribution in [-0.4, -0.2) is 20.6 Å². The maximum Gasteiger partial charge on any atom is 0.0596 e. The van der Waals surface area contributed by atoms with Gasteiger partial charge in [-0.15, -0.1) is 0 Å². The summed E-state index contributed by atoms with van der Waals surface area (Å²) in [5.41, 5.74) is 2.54. The first-order valence-electron chi connectivity index (χ1n) is 7.27. The predicted molar refractivity (Wildman–Crippen MR) is 80.5 cm³/mol. The fraction of sp³-hybridized carbons (Fsp3) is 0.625. The Morgan fingerprint density at radius 1 is 1.11 bits per heavy atom. The minimum Gasteiger partial charge on any atom is -0.383 e. The van der Waals surface area contributed by atoms with Gasteiger partial charge < -0.3 is 10.2 Å². The SMILES string of the molecule is CN(C)c1ccccc1NCCC1CCCCC1. The van der Waals surface area contributed by atoms with E-state index in [-0.39, 0.29) is 0 Å². The third kappa shape index (κ3) is 3.66. The van der Waals surface area contributed by atoms with Crippen molar-refractivity contribution in [1.82, 2.24) is 0 Å². The van der Waals surface area contributed by atoms with Crippen LogP contribution in [0.4, 0.5) is 11.4 Å². The number of benzene rings is 1. The van der Waals surface area contributed by atoms with E-state index in [4.69, 9.17) is 0 Å². The van der Waals surface area contributed by atoms with Gasteiger partial charge in [-0.1, -0.05) is 44.2 Å². The standard InChI is InChI=1S/C16H26N2/c1-18(2)16-11-7-6-10-15(16)17-13-12-14-8-4-3-5-9-14/h6-7,10-11,14,17H,3-5,8-9,12-13H2,1-2H3. The van der Waals surface area contributed by atoms with E-state index in [0.717, 1.165) is 12.5 Å². The molecule has 1 aliphatic rings. The van der Waals surface area contributed by atoms with Gasteiger partial charge in [0.2, 0.25) is 0 Å². The fourth-order valence-corrected chi connectivity index (χ4v) is 2.90. The molecule has 0 radical (unpaired) electrons. The van der Waals surface area contributed by atoms with E-state index < -0.39 is 0 Å². The van der Waals surface area contributed by atoms with Crippen molar-refractivity contribution < 1.29 is 0 Å². The summed E-state index contributed by atoms with van der Waals surface area (Å²) in [4.78, 5) is 2.17. The Bertz CT molecular complexity index is 354. The topological polar surface area (TPSA) is 15.3 Å². The van der Waals surface area contributed by atoms with Crippen LogP contribution in [0.25, 0.3) is 0 Å². The van der Waals surface area contributed by atoms with Crippen molar-refractivity contribution in [3.8, 4) is 0 Å². The highest BCUT2D eigenvalue weighted by Crippen LogP contribution is 2.27. The van der Waals surface area contributed by atoms with Gasteiger partial charge in [-0.25, -0.2) is 0 Å². The minimum absolute atomic E-state index is 0.956. The molecule has 100 valence electrons. The van der Waals surface area contributed by atoms with Crippen LogP contribution in [0.1, 0.15) is 38.5 Å². The largest absolute Gasteiger partial charge is 0.383 e. The van der Waals surface area contributed by atoms with Gasteiger partial charge in [0, 0.05) is 20.6 Å². The summed E-state index contributed by atoms with van der Waals surface area (Å²) >= 11 is 0. The third-order valence-electron chi connectivity index (χ3n) is 3.98. The molecule has 0 aliphatic heterocycles. The Morgan fingerprint density at radius 2 is 1.83 bits per heavy atom. The van der Waals surface area contributed by atoms with Gasteiger partial charge in [0.15, 0.2) is 0 Å². The first-order chi connectivity index (χ1) is 8.77. The number of para-hydroxylation sites is 2. The molecule has 0 bridgehead atoms. The predicted octanol–water partition coefficient (Wildman–Crippen LogP) is 4.13. The van der Waals surface area contributed by atoms with Crippen LogP contribution < -0.4 is 10.2 Å². The fourth-order valence-electron chi connectivity index (χ4n) is 2.90. The van der Waals surface area contributed by atoms with Gasteiger partial charge in [0.05, 0.1) is 11.4 Å². The lowest BCUT2D eigenvalue weighted by Gasteiger charge is -2.23. The van der Waals surface area contributed by atoms with E-state index in [1.165, 1.54) is 49.9 Å². The zero-order valence-electron chi connectivity index (χ0n) is 11.8. The molecule has 1 N–H and O–H groups in total. The molecular formula is C16H26N2. The first-order valence-corrected chi connectivity index (χ1v) is 7.27. The van der Waals surface area contributed by atoms with Crippen molar-refractivity contribution in [1.29, 1.82) is 0 Å². The second-order valence-corrected chi connectivity index (χ2v) is 5.63. The first kappa shape index (κ1) is 13.3. The van der Waals surface area contributed by atoms with Gasteiger partial charge >= 0.3 is 0 Å². The van der Waals surface area contributed by atoms with Crippen LogP contribution >= 0.6 is 0 Å². The van der Waals surface area contributed by atoms with Crippen molar-refractivity contribution in [3.63, 3.8) is 0 Å². The lowest BCUT2D eigenvalue weighted by Crippen LogP contribution is -2.15. The number of anilines is 2. The average molecular weight is 246 g/mol. The molecule has 0 aromatic heterocycles. The average Bonchev–Trinajstić information content (AvgIpc) is 2.40. The molecule has 18 heavy (non-hydrogen) atoms. The van der Waals surface area contributed by atoms with Gasteiger partial charge in [-0.05, 0) is 24.5 Å². The quantitative estimate of drug-likeness (QED) is 0.840. The molecule has 1 aromatic rings. The number of nitrogens with zero attached hydrogens (tertiary/aromatic N) is 1. The molecular weight excluding hydrogens is 220 g/mol. The molecule has 2 heteroatoms. The molecule has 0 heterocycles. The van der Waals surface area contributed by atoms with E-state index in [1.54, 1.807) is 0 Å². The number of hydrogen-bond donors (Lipinski definition) is 1. The molecule has 2 rings (SSSR count). The van der Waals surface area contributed by atoms with Crippen molar-refractivity contribution in [3.05, 3.63) is 24.3 Å². The summed E-state index contributed by atoms with van der Waals surface area (Å²) in [6, 6.07) is 8.55. The Labute approximate surface area is 111 Å². The van der Waals surface area contributed by atoms with Gasteiger partial charge in [-0.2, -0.15) is 0 Å². The molecule has 1 fully saturated rings. The molecule has 2 nitrogen and oxygen atoms in total. The number of hydrogen-bond acceptors (Lipinski definition) is 2. The molecule has 0 amide bonds. The normalized spacial score (nSPS) is 16.6. The molecule has 0 saturated heterocycles. The van der Waals surface area contributed by atoms with Crippen molar-refractivity contribution in [2.24, 2.45) is 5.92 Å². The summed E-state index contributed by atoms with van der Waals surface area (Å²) in [7, 11) is 4.20. The second kappa shape index (κ2) is 6.67. The van der Waals surface area contributed by atoms with Crippen LogP contribution in [0, 0.1) is 5.92 Å². The third-order valence-corrected chi connectivity index (χ3v) is 3.98. The molecule has 0 atom stereocenters. The molecule has 0 spiro atoms. The molecule has 0 unspecified atom stereocenters. The van der Waals surface area contributed by atoms with Gasteiger partial charge in [-0.3, -0.25) is 0 Å². The maximum absolute atomic E-state index is 3.60. The highest BCUT2D eigenvalue weighted by Gasteiger charge is 2.12.